The van der Waals surface area contributed by atoms with Crippen LogP contribution in [0, 0.1) is 37.0 Å². The summed E-state index contributed by atoms with van der Waals surface area (Å²) in [4.78, 5) is 26.9. The van der Waals surface area contributed by atoms with E-state index in [1.165, 1.54) is 7.11 Å². The van der Waals surface area contributed by atoms with Crippen molar-refractivity contribution in [1.29, 1.82) is 0 Å². The lowest BCUT2D eigenvalue weighted by molar-refractivity contribution is -0.148. The van der Waals surface area contributed by atoms with Gasteiger partial charge in [0.2, 0.25) is 0 Å². The molecule has 39 heavy (non-hydrogen) atoms. The zero-order valence-corrected chi connectivity index (χ0v) is 24.2. The highest BCUT2D eigenvalue weighted by molar-refractivity contribution is 6.33. The smallest absolute Gasteiger partial charge is 0.346 e. The van der Waals surface area contributed by atoms with Gasteiger partial charge in [-0.15, -0.1) is 0 Å². The largest absolute Gasteiger partial charge is 0.495 e. The summed E-state index contributed by atoms with van der Waals surface area (Å²) >= 11 is 6.81. The third-order valence-electron chi connectivity index (χ3n) is 9.01. The van der Waals surface area contributed by atoms with Crippen molar-refractivity contribution in [3.05, 3.63) is 45.0 Å². The molecule has 0 amide bonds. The summed E-state index contributed by atoms with van der Waals surface area (Å²) in [5.74, 6) is 0.872. The van der Waals surface area contributed by atoms with Crippen molar-refractivity contribution in [2.45, 2.75) is 79.4 Å². The van der Waals surface area contributed by atoms with Crippen LogP contribution >= 0.6 is 11.6 Å². The zero-order valence-electron chi connectivity index (χ0n) is 23.5. The Morgan fingerprint density at radius 1 is 1.21 bits per heavy atom. The Bertz CT molecular complexity index is 1330. The molecular formula is C31H37ClO7. The fourth-order valence-corrected chi connectivity index (χ4v) is 6.91. The number of esters is 2. The minimum atomic E-state index is -0.839. The number of hydrogen-bond acceptors (Lipinski definition) is 7. The van der Waals surface area contributed by atoms with Crippen LogP contribution in [-0.4, -0.2) is 24.2 Å². The van der Waals surface area contributed by atoms with Gasteiger partial charge in [0, 0.05) is 11.1 Å². The van der Waals surface area contributed by atoms with Crippen LogP contribution in [0.15, 0.2) is 12.1 Å². The summed E-state index contributed by atoms with van der Waals surface area (Å²) in [5, 5.41) is 11.1. The molecule has 1 N–H and O–H groups in total. The lowest BCUT2D eigenvalue weighted by atomic mass is 9.75. The highest BCUT2D eigenvalue weighted by Gasteiger charge is 2.53. The number of aliphatic hydroxyl groups excluding tert-OH is 1. The molecule has 5 rings (SSSR count). The fraction of sp³-hybridized carbons (Fsp3) is 0.548. The van der Waals surface area contributed by atoms with Gasteiger partial charge in [0.1, 0.15) is 23.7 Å². The molecule has 2 aliphatic carbocycles. The summed E-state index contributed by atoms with van der Waals surface area (Å²) in [6.45, 7) is 9.61. The number of aliphatic hydroxyl groups is 1. The van der Waals surface area contributed by atoms with Gasteiger partial charge in [-0.05, 0) is 87.5 Å². The molecule has 0 aromatic heterocycles. The van der Waals surface area contributed by atoms with E-state index in [2.05, 4.69) is 0 Å². The number of hydrogen-bond donors (Lipinski definition) is 1. The number of rotatable bonds is 6. The topological polar surface area (TPSA) is 91.3 Å². The van der Waals surface area contributed by atoms with E-state index in [1.807, 2.05) is 34.6 Å². The summed E-state index contributed by atoms with van der Waals surface area (Å²) in [6, 6.07) is 3.29. The van der Waals surface area contributed by atoms with Crippen LogP contribution in [0.5, 0.6) is 23.0 Å². The number of carbonyl (C=O) groups excluding carboxylic acids is 2. The van der Waals surface area contributed by atoms with Gasteiger partial charge in [-0.1, -0.05) is 31.9 Å². The van der Waals surface area contributed by atoms with Gasteiger partial charge >= 0.3 is 11.9 Å². The van der Waals surface area contributed by atoms with E-state index in [1.54, 1.807) is 12.1 Å². The van der Waals surface area contributed by atoms with E-state index in [4.69, 9.17) is 30.5 Å². The molecule has 0 spiro atoms. The minimum Gasteiger partial charge on any atom is -0.495 e. The Kier molecular flexibility index (Phi) is 7.36. The molecule has 0 saturated heterocycles. The maximum Gasteiger partial charge on any atom is 0.346 e. The average Bonchev–Trinajstić information content (AvgIpc) is 3.48. The Balaban J connectivity index is 1.60. The van der Waals surface area contributed by atoms with Crippen molar-refractivity contribution in [2.75, 3.05) is 7.11 Å². The second kappa shape index (κ2) is 10.3. The lowest BCUT2D eigenvalue weighted by Gasteiger charge is -2.32. The molecule has 0 unspecified atom stereocenters. The SMILES string of the molecule is COc1c([C@@H](O)CC(C)C)ccc2c1C(=O)OCc1c(C)c(C)c(Cl)c(OC(=O)[C@@]3(C)C[C@H]4CC[C@@H]3C4)c1O2. The molecular weight excluding hydrogens is 520 g/mol. The fourth-order valence-electron chi connectivity index (χ4n) is 6.64. The monoisotopic (exact) mass is 556 g/mol. The van der Waals surface area contributed by atoms with Gasteiger partial charge in [0.05, 0.1) is 23.7 Å². The molecule has 3 aliphatic rings. The third-order valence-corrected chi connectivity index (χ3v) is 9.47. The normalized spacial score (nSPS) is 24.3. The summed E-state index contributed by atoms with van der Waals surface area (Å²) < 4.78 is 23.9. The first-order chi connectivity index (χ1) is 18.5. The van der Waals surface area contributed by atoms with Gasteiger partial charge < -0.3 is 24.1 Å². The number of ether oxygens (including phenoxy) is 4. The number of fused-ring (bicyclic) bond motifs is 4. The molecule has 8 heteroatoms. The maximum atomic E-state index is 13.7. The highest BCUT2D eigenvalue weighted by atomic mass is 35.5. The Morgan fingerprint density at radius 3 is 2.56 bits per heavy atom. The van der Waals surface area contributed by atoms with Crippen molar-refractivity contribution < 1.29 is 33.6 Å². The van der Waals surface area contributed by atoms with Crippen LogP contribution in [0.2, 0.25) is 5.02 Å². The first-order valence-electron chi connectivity index (χ1n) is 13.7. The van der Waals surface area contributed by atoms with E-state index >= 15 is 0 Å². The zero-order chi connectivity index (χ0) is 28.2. The van der Waals surface area contributed by atoms with Gasteiger partial charge in [-0.3, -0.25) is 4.79 Å². The van der Waals surface area contributed by atoms with Crippen molar-refractivity contribution >= 4 is 23.5 Å². The van der Waals surface area contributed by atoms with Crippen molar-refractivity contribution in [2.24, 2.45) is 23.2 Å². The van der Waals surface area contributed by atoms with Crippen LogP contribution in [0.3, 0.4) is 0 Å². The van der Waals surface area contributed by atoms with Crippen molar-refractivity contribution in [3.63, 3.8) is 0 Å². The molecule has 2 bridgehead atoms. The number of halogens is 1. The van der Waals surface area contributed by atoms with Crippen LogP contribution in [0.25, 0.3) is 0 Å². The van der Waals surface area contributed by atoms with Crippen molar-refractivity contribution in [3.8, 4) is 23.0 Å². The van der Waals surface area contributed by atoms with Crippen molar-refractivity contribution in [1.82, 2.24) is 0 Å². The lowest BCUT2D eigenvalue weighted by Crippen LogP contribution is -2.37. The summed E-state index contributed by atoms with van der Waals surface area (Å²) in [6.07, 6.45) is 3.70. The molecule has 4 atom stereocenters. The van der Waals surface area contributed by atoms with E-state index < -0.39 is 17.5 Å². The predicted molar refractivity (Wildman–Crippen MR) is 147 cm³/mol. The summed E-state index contributed by atoms with van der Waals surface area (Å²) in [7, 11) is 1.44. The molecule has 2 saturated carbocycles. The molecule has 2 aromatic rings. The van der Waals surface area contributed by atoms with Gasteiger partial charge in [-0.2, -0.15) is 0 Å². The second-order valence-electron chi connectivity index (χ2n) is 12.0. The first-order valence-corrected chi connectivity index (χ1v) is 14.1. The molecule has 2 fully saturated rings. The molecule has 1 aliphatic heterocycles. The molecule has 0 radical (unpaired) electrons. The van der Waals surface area contributed by atoms with Crippen LogP contribution in [-0.2, 0) is 16.1 Å². The van der Waals surface area contributed by atoms with Gasteiger partial charge in [0.15, 0.2) is 11.5 Å². The van der Waals surface area contributed by atoms with Gasteiger partial charge in [0.25, 0.3) is 0 Å². The highest BCUT2D eigenvalue weighted by Crippen LogP contribution is 2.57. The average molecular weight is 557 g/mol. The van der Waals surface area contributed by atoms with E-state index in [0.29, 0.717) is 29.4 Å². The Labute approximate surface area is 234 Å². The van der Waals surface area contributed by atoms with E-state index in [0.717, 1.165) is 36.8 Å². The predicted octanol–water partition coefficient (Wildman–Crippen LogP) is 7.24. The number of methoxy groups -OCH3 is 1. The molecule has 7 nitrogen and oxygen atoms in total. The van der Waals surface area contributed by atoms with Crippen LogP contribution < -0.4 is 14.2 Å². The minimum absolute atomic E-state index is 0.0650. The van der Waals surface area contributed by atoms with Gasteiger partial charge in [-0.25, -0.2) is 4.79 Å². The quantitative estimate of drug-likeness (QED) is 0.296. The second-order valence-corrected chi connectivity index (χ2v) is 12.4. The number of benzene rings is 2. The maximum absolute atomic E-state index is 13.7. The van der Waals surface area contributed by atoms with Crippen LogP contribution in [0.1, 0.15) is 91.6 Å². The van der Waals surface area contributed by atoms with Crippen LogP contribution in [0.4, 0.5) is 0 Å². The third kappa shape index (κ3) is 4.67. The van der Waals surface area contributed by atoms with E-state index in [9.17, 15) is 14.7 Å². The first kappa shape index (κ1) is 27.8. The Morgan fingerprint density at radius 2 is 1.95 bits per heavy atom. The molecule has 1 heterocycles. The summed E-state index contributed by atoms with van der Waals surface area (Å²) in [5.41, 5.74) is 2.05. The molecule has 210 valence electrons. The standard InChI is InChI=1S/C31H37ClO7/c1-15(2)11-22(33)20-9-10-23-24(26(20)36-6)29(34)37-14-21-16(3)17(4)25(32)28(27(21)38-23)39-30(35)31(5)13-18-7-8-19(31)12-18/h9-10,15,18-19,22,33H,7-8,11-14H2,1-6H3/t18-,19+,22-,31-/m0/s1. The number of cyclic esters (lactones) is 1. The Hall–Kier alpha value is -2.77. The molecule has 2 aromatic carbocycles. The number of carbonyl (C=O) groups is 2. The van der Waals surface area contributed by atoms with E-state index in [-0.39, 0.29) is 52.1 Å².